The first-order valence-electron chi connectivity index (χ1n) is 19.9. The van der Waals surface area contributed by atoms with E-state index in [9.17, 15) is 0 Å². The van der Waals surface area contributed by atoms with E-state index in [0.717, 1.165) is 39.5 Å². The molecular formula is C54H36N4. The van der Waals surface area contributed by atoms with E-state index in [1.807, 2.05) is 0 Å². The van der Waals surface area contributed by atoms with Crippen molar-refractivity contribution in [2.75, 3.05) is 5.32 Å². The van der Waals surface area contributed by atoms with Gasteiger partial charge in [-0.3, -0.25) is 4.99 Å². The molecule has 3 heterocycles. The molecule has 1 aliphatic rings. The van der Waals surface area contributed by atoms with E-state index in [2.05, 4.69) is 221 Å². The van der Waals surface area contributed by atoms with Crippen molar-refractivity contribution in [3.63, 3.8) is 0 Å². The maximum absolute atomic E-state index is 5.26. The van der Waals surface area contributed by atoms with E-state index in [4.69, 9.17) is 4.99 Å². The first kappa shape index (κ1) is 32.5. The van der Waals surface area contributed by atoms with Gasteiger partial charge in [-0.2, -0.15) is 0 Å². The molecule has 0 saturated heterocycles. The molecule has 9 aromatic carbocycles. The van der Waals surface area contributed by atoms with Crippen LogP contribution in [0.3, 0.4) is 0 Å². The van der Waals surface area contributed by atoms with Gasteiger partial charge in [0.1, 0.15) is 6.17 Å². The molecule has 12 rings (SSSR count). The Balaban J connectivity index is 0.968. The zero-order valence-corrected chi connectivity index (χ0v) is 31.5. The summed E-state index contributed by atoms with van der Waals surface area (Å²) in [7, 11) is 0. The Morgan fingerprint density at radius 3 is 1.79 bits per heavy atom. The SMILES string of the molecule is c1ccc(C2=NC(c3ccc(-n4c5ccccc5c5cc(-c6ccc7c(c6)c6c8ccccc8ccc6n7-c6ccccc6)ccc54)cc3)Nc3ccccc32)cc1. The Hall–Kier alpha value is -7.69. The van der Waals surface area contributed by atoms with Crippen molar-refractivity contribution < 1.29 is 0 Å². The minimum Gasteiger partial charge on any atom is -0.360 e. The van der Waals surface area contributed by atoms with Crippen LogP contribution in [0.5, 0.6) is 0 Å². The third-order valence-electron chi connectivity index (χ3n) is 11.9. The highest BCUT2D eigenvalue weighted by molar-refractivity contribution is 6.22. The molecular weight excluding hydrogens is 705 g/mol. The van der Waals surface area contributed by atoms with Gasteiger partial charge in [0.05, 0.1) is 27.8 Å². The molecule has 58 heavy (non-hydrogen) atoms. The fourth-order valence-corrected chi connectivity index (χ4v) is 9.24. The molecule has 0 radical (unpaired) electrons. The average Bonchev–Trinajstić information content (AvgIpc) is 3.82. The van der Waals surface area contributed by atoms with Crippen molar-refractivity contribution in [2.24, 2.45) is 4.99 Å². The summed E-state index contributed by atoms with van der Waals surface area (Å²) in [4.78, 5) is 5.26. The number of aliphatic imine (C=N–C) groups is 1. The normalized spacial score (nSPS) is 13.9. The Morgan fingerprint density at radius 2 is 0.983 bits per heavy atom. The van der Waals surface area contributed by atoms with E-state index < -0.39 is 0 Å². The zero-order valence-electron chi connectivity index (χ0n) is 31.5. The van der Waals surface area contributed by atoms with Gasteiger partial charge in [-0.05, 0) is 94.2 Å². The summed E-state index contributed by atoms with van der Waals surface area (Å²) >= 11 is 0. The number of aromatic nitrogens is 2. The fourth-order valence-electron chi connectivity index (χ4n) is 9.24. The first-order chi connectivity index (χ1) is 28.8. The van der Waals surface area contributed by atoms with Crippen LogP contribution in [-0.2, 0) is 0 Å². The second-order valence-electron chi connectivity index (χ2n) is 15.2. The Labute approximate surface area is 335 Å². The number of hydrogen-bond donors (Lipinski definition) is 1. The minimum absolute atomic E-state index is 0.197. The Kier molecular flexibility index (Phi) is 7.26. The molecule has 0 bridgehead atoms. The molecule has 0 aliphatic carbocycles. The smallest absolute Gasteiger partial charge is 0.145 e. The summed E-state index contributed by atoms with van der Waals surface area (Å²) in [6.07, 6.45) is -0.197. The molecule has 1 N–H and O–H groups in total. The zero-order chi connectivity index (χ0) is 38.2. The van der Waals surface area contributed by atoms with Crippen LogP contribution in [0.2, 0.25) is 0 Å². The van der Waals surface area contributed by atoms with Gasteiger partial charge in [-0.25, -0.2) is 0 Å². The van der Waals surface area contributed by atoms with Crippen molar-refractivity contribution in [3.05, 3.63) is 223 Å². The Bertz CT molecular complexity index is 3410. The quantitative estimate of drug-likeness (QED) is 0.187. The van der Waals surface area contributed by atoms with Gasteiger partial charge in [0.25, 0.3) is 0 Å². The molecule has 11 aromatic rings. The van der Waals surface area contributed by atoms with Gasteiger partial charge in [-0.1, -0.05) is 140 Å². The molecule has 1 atom stereocenters. The molecule has 1 aliphatic heterocycles. The molecule has 0 saturated carbocycles. The van der Waals surface area contributed by atoms with E-state index in [0.29, 0.717) is 0 Å². The van der Waals surface area contributed by atoms with Gasteiger partial charge in [-0.15, -0.1) is 0 Å². The summed E-state index contributed by atoms with van der Waals surface area (Å²) in [5, 5.41) is 11.2. The van der Waals surface area contributed by atoms with Crippen molar-refractivity contribution in [2.45, 2.75) is 6.17 Å². The van der Waals surface area contributed by atoms with Crippen molar-refractivity contribution in [3.8, 4) is 22.5 Å². The van der Waals surface area contributed by atoms with Crippen molar-refractivity contribution in [1.82, 2.24) is 9.13 Å². The monoisotopic (exact) mass is 740 g/mol. The van der Waals surface area contributed by atoms with Crippen LogP contribution in [0.15, 0.2) is 211 Å². The van der Waals surface area contributed by atoms with Crippen LogP contribution >= 0.6 is 0 Å². The number of anilines is 1. The second kappa shape index (κ2) is 12.9. The predicted molar refractivity (Wildman–Crippen MR) is 243 cm³/mol. The number of nitrogens with one attached hydrogen (secondary N) is 1. The third-order valence-corrected chi connectivity index (χ3v) is 11.9. The largest absolute Gasteiger partial charge is 0.360 e. The number of nitrogens with zero attached hydrogens (tertiary/aromatic N) is 3. The Morgan fingerprint density at radius 1 is 0.397 bits per heavy atom. The highest BCUT2D eigenvalue weighted by Crippen LogP contribution is 2.41. The topological polar surface area (TPSA) is 34.2 Å². The molecule has 4 nitrogen and oxygen atoms in total. The number of hydrogen-bond acceptors (Lipinski definition) is 2. The number of fused-ring (bicyclic) bond motifs is 9. The van der Waals surface area contributed by atoms with Crippen molar-refractivity contribution >= 4 is 65.8 Å². The van der Waals surface area contributed by atoms with Crippen LogP contribution in [0.25, 0.3) is 76.9 Å². The first-order valence-corrected chi connectivity index (χ1v) is 19.9. The summed E-state index contributed by atoms with van der Waals surface area (Å²) in [6, 6.07) is 74.5. The van der Waals surface area contributed by atoms with E-state index in [-0.39, 0.29) is 6.17 Å². The molecule has 0 spiro atoms. The van der Waals surface area contributed by atoms with Gasteiger partial charge in [0.2, 0.25) is 0 Å². The number of benzene rings is 9. The van der Waals surface area contributed by atoms with E-state index in [1.54, 1.807) is 0 Å². The van der Waals surface area contributed by atoms with Crippen LogP contribution in [0, 0.1) is 0 Å². The number of para-hydroxylation sites is 3. The van der Waals surface area contributed by atoms with Gasteiger partial charge in [0, 0.05) is 49.7 Å². The lowest BCUT2D eigenvalue weighted by Gasteiger charge is -2.26. The molecule has 0 fully saturated rings. The molecule has 0 amide bonds. The predicted octanol–water partition coefficient (Wildman–Crippen LogP) is 13.7. The summed E-state index contributed by atoms with van der Waals surface area (Å²) < 4.78 is 4.80. The average molecular weight is 741 g/mol. The van der Waals surface area contributed by atoms with E-state index >= 15 is 0 Å². The second-order valence-corrected chi connectivity index (χ2v) is 15.2. The van der Waals surface area contributed by atoms with Crippen LogP contribution in [0.1, 0.15) is 22.9 Å². The minimum atomic E-state index is -0.197. The van der Waals surface area contributed by atoms with Gasteiger partial charge >= 0.3 is 0 Å². The van der Waals surface area contributed by atoms with Crippen LogP contribution < -0.4 is 5.32 Å². The lowest BCUT2D eigenvalue weighted by molar-refractivity contribution is 0.827. The summed E-state index contributed by atoms with van der Waals surface area (Å²) in [6.45, 7) is 0. The molecule has 1 unspecified atom stereocenters. The van der Waals surface area contributed by atoms with Gasteiger partial charge in [0.15, 0.2) is 0 Å². The summed E-state index contributed by atoms with van der Waals surface area (Å²) in [5.74, 6) is 0. The highest BCUT2D eigenvalue weighted by Gasteiger charge is 2.23. The van der Waals surface area contributed by atoms with Crippen LogP contribution in [-0.4, -0.2) is 14.8 Å². The van der Waals surface area contributed by atoms with E-state index in [1.165, 1.54) is 65.5 Å². The lowest BCUT2D eigenvalue weighted by atomic mass is 9.97. The molecule has 272 valence electrons. The highest BCUT2D eigenvalue weighted by atomic mass is 15.1. The van der Waals surface area contributed by atoms with Gasteiger partial charge < -0.3 is 14.5 Å². The lowest BCUT2D eigenvalue weighted by Crippen LogP contribution is -2.20. The number of rotatable bonds is 5. The maximum Gasteiger partial charge on any atom is 0.145 e. The molecule has 4 heteroatoms. The maximum atomic E-state index is 5.26. The van der Waals surface area contributed by atoms with Crippen molar-refractivity contribution in [1.29, 1.82) is 0 Å². The molecule has 2 aromatic heterocycles. The third kappa shape index (κ3) is 5.05. The summed E-state index contributed by atoms with van der Waals surface area (Å²) in [5.41, 5.74) is 14.9. The fraction of sp³-hybridized carbons (Fsp3) is 0.0185. The standard InChI is InChI=1S/C54H36N4/c1-3-14-36(15-4-1)53-44-20-9-11-21-47(44)55-54(56-53)37-23-28-41(29-24-37)57-48-22-12-10-19-43(48)45-33-38(26-30-49(45)57)39-27-31-50-46(34-39)52-42-18-8-7-13-35(42)25-32-51(52)58(50)40-16-5-2-6-17-40/h1-34,54-55H. The van der Waals surface area contributed by atoms with Crippen LogP contribution in [0.4, 0.5) is 5.69 Å².